The summed E-state index contributed by atoms with van der Waals surface area (Å²) in [4.78, 5) is 17.8. The number of thiol groups is 1. The van der Waals surface area contributed by atoms with E-state index in [1.165, 1.54) is 0 Å². The monoisotopic (exact) mass is 320 g/mol. The van der Waals surface area contributed by atoms with Crippen LogP contribution in [0.5, 0.6) is 5.75 Å². The second-order valence-electron chi connectivity index (χ2n) is 6.17. The number of nitrogens with zero attached hydrogens (tertiary/aromatic N) is 2. The van der Waals surface area contributed by atoms with Crippen LogP contribution in [0.15, 0.2) is 23.1 Å². The van der Waals surface area contributed by atoms with E-state index < -0.39 is 0 Å². The molecule has 0 spiro atoms. The lowest BCUT2D eigenvalue weighted by atomic mass is 9.96. The van der Waals surface area contributed by atoms with E-state index >= 15 is 0 Å². The summed E-state index contributed by atoms with van der Waals surface area (Å²) in [5.74, 6) is 1.27. The van der Waals surface area contributed by atoms with Crippen molar-refractivity contribution in [3.05, 3.63) is 18.2 Å². The summed E-state index contributed by atoms with van der Waals surface area (Å²) in [5, 5.41) is 0. The highest BCUT2D eigenvalue weighted by atomic mass is 32.1. The molecule has 0 bridgehead atoms. The number of likely N-dealkylation sites (tertiary alicyclic amines) is 1. The van der Waals surface area contributed by atoms with Crippen LogP contribution in [-0.4, -0.2) is 44.1 Å². The van der Waals surface area contributed by atoms with Gasteiger partial charge in [-0.2, -0.15) is 0 Å². The van der Waals surface area contributed by atoms with Gasteiger partial charge < -0.3 is 14.5 Å². The first-order chi connectivity index (χ1) is 10.7. The molecule has 0 radical (unpaired) electrons. The van der Waals surface area contributed by atoms with E-state index in [9.17, 15) is 4.79 Å². The number of ether oxygens (including phenoxy) is 1. The average Bonchev–Trinajstić information content (AvgIpc) is 3.08. The first kappa shape index (κ1) is 15.5. The zero-order valence-electron chi connectivity index (χ0n) is 13.1. The predicted molar refractivity (Wildman–Crippen MR) is 91.0 cm³/mol. The number of carbonyl (C=O) groups excluding carboxylic acids is 1. The Kier molecular flexibility index (Phi) is 4.81. The van der Waals surface area contributed by atoms with Gasteiger partial charge in [-0.15, -0.1) is 12.6 Å². The third-order valence-corrected chi connectivity index (χ3v) is 5.07. The Labute approximate surface area is 137 Å². The van der Waals surface area contributed by atoms with Crippen LogP contribution in [0.4, 0.5) is 5.69 Å². The van der Waals surface area contributed by atoms with E-state index in [-0.39, 0.29) is 5.92 Å². The van der Waals surface area contributed by atoms with Gasteiger partial charge in [-0.25, -0.2) is 0 Å². The van der Waals surface area contributed by atoms with Gasteiger partial charge in [-0.3, -0.25) is 4.79 Å². The maximum absolute atomic E-state index is 12.6. The standard InChI is InChI=1S/C17H24N2O2S/c1-21-15-7-6-14(11-16(15)22)19-10-4-5-13(12-19)17(20)18-8-2-3-9-18/h6-7,11,13,22H,2-5,8-10,12H2,1H3. The summed E-state index contributed by atoms with van der Waals surface area (Å²) < 4.78 is 5.26. The van der Waals surface area contributed by atoms with Crippen molar-refractivity contribution in [1.82, 2.24) is 4.90 Å². The van der Waals surface area contributed by atoms with E-state index in [1.807, 2.05) is 17.0 Å². The molecule has 0 saturated carbocycles. The summed E-state index contributed by atoms with van der Waals surface area (Å²) in [6.07, 6.45) is 4.39. The van der Waals surface area contributed by atoms with Crippen molar-refractivity contribution in [3.63, 3.8) is 0 Å². The normalized spacial score (nSPS) is 22.0. The summed E-state index contributed by atoms with van der Waals surface area (Å²) >= 11 is 4.47. The number of methoxy groups -OCH3 is 1. The maximum atomic E-state index is 12.6. The lowest BCUT2D eigenvalue weighted by molar-refractivity contribution is -0.134. The molecule has 0 aromatic heterocycles. The van der Waals surface area contributed by atoms with E-state index in [2.05, 4.69) is 23.6 Å². The Bertz CT molecular complexity index is 543. The second kappa shape index (κ2) is 6.82. The van der Waals surface area contributed by atoms with Gasteiger partial charge in [0.25, 0.3) is 0 Å². The van der Waals surface area contributed by atoms with Gasteiger partial charge in [-0.05, 0) is 43.9 Å². The molecule has 2 fully saturated rings. The van der Waals surface area contributed by atoms with Crippen LogP contribution >= 0.6 is 12.6 Å². The van der Waals surface area contributed by atoms with Gasteiger partial charge in [-0.1, -0.05) is 0 Å². The van der Waals surface area contributed by atoms with E-state index in [0.29, 0.717) is 5.91 Å². The van der Waals surface area contributed by atoms with Crippen LogP contribution in [0.2, 0.25) is 0 Å². The van der Waals surface area contributed by atoms with Crippen molar-refractivity contribution in [3.8, 4) is 5.75 Å². The Morgan fingerprint density at radius 2 is 2.00 bits per heavy atom. The molecule has 1 aromatic carbocycles. The molecule has 1 amide bonds. The first-order valence-corrected chi connectivity index (χ1v) is 8.54. The van der Waals surface area contributed by atoms with Crippen LogP contribution in [0.3, 0.4) is 0 Å². The molecule has 2 saturated heterocycles. The summed E-state index contributed by atoms with van der Waals surface area (Å²) in [6, 6.07) is 6.04. The highest BCUT2D eigenvalue weighted by Gasteiger charge is 2.30. The second-order valence-corrected chi connectivity index (χ2v) is 6.66. The summed E-state index contributed by atoms with van der Waals surface area (Å²) in [6.45, 7) is 3.70. The minimum atomic E-state index is 0.136. The van der Waals surface area contributed by atoms with Gasteiger partial charge in [0.2, 0.25) is 5.91 Å². The fraction of sp³-hybridized carbons (Fsp3) is 0.588. The average molecular weight is 320 g/mol. The Morgan fingerprint density at radius 3 is 2.68 bits per heavy atom. The first-order valence-electron chi connectivity index (χ1n) is 8.10. The molecule has 3 rings (SSSR count). The zero-order valence-corrected chi connectivity index (χ0v) is 14.0. The molecule has 2 heterocycles. The lowest BCUT2D eigenvalue weighted by Gasteiger charge is -2.35. The predicted octanol–water partition coefficient (Wildman–Crippen LogP) is 2.82. The van der Waals surface area contributed by atoms with Crippen molar-refractivity contribution < 1.29 is 9.53 Å². The van der Waals surface area contributed by atoms with Crippen molar-refractivity contribution in [1.29, 1.82) is 0 Å². The Morgan fingerprint density at radius 1 is 1.23 bits per heavy atom. The van der Waals surface area contributed by atoms with E-state index in [4.69, 9.17) is 4.74 Å². The molecule has 120 valence electrons. The molecule has 0 N–H and O–H groups in total. The van der Waals surface area contributed by atoms with Crippen molar-refractivity contribution in [2.45, 2.75) is 30.6 Å². The van der Waals surface area contributed by atoms with Crippen LogP contribution < -0.4 is 9.64 Å². The van der Waals surface area contributed by atoms with Crippen LogP contribution in [0, 0.1) is 5.92 Å². The van der Waals surface area contributed by atoms with Gasteiger partial charge in [0.1, 0.15) is 5.75 Å². The third kappa shape index (κ3) is 3.19. The number of piperidine rings is 1. The molecule has 2 aliphatic rings. The summed E-state index contributed by atoms with van der Waals surface area (Å²) in [7, 11) is 1.65. The number of rotatable bonds is 3. The highest BCUT2D eigenvalue weighted by molar-refractivity contribution is 7.80. The quantitative estimate of drug-likeness (QED) is 0.869. The molecule has 2 aliphatic heterocycles. The number of benzene rings is 1. The van der Waals surface area contributed by atoms with Gasteiger partial charge >= 0.3 is 0 Å². The van der Waals surface area contributed by atoms with E-state index in [0.717, 1.165) is 68.2 Å². The molecule has 0 aliphatic carbocycles. The molecule has 22 heavy (non-hydrogen) atoms. The molecule has 4 nitrogen and oxygen atoms in total. The van der Waals surface area contributed by atoms with Gasteiger partial charge in [0, 0.05) is 36.8 Å². The Hall–Kier alpha value is -1.36. The largest absolute Gasteiger partial charge is 0.496 e. The molecule has 1 aromatic rings. The van der Waals surface area contributed by atoms with Crippen LogP contribution in [-0.2, 0) is 4.79 Å². The van der Waals surface area contributed by atoms with Crippen molar-refractivity contribution >= 4 is 24.2 Å². The SMILES string of the molecule is COc1ccc(N2CCCC(C(=O)N3CCCC3)C2)cc1S. The fourth-order valence-corrected chi connectivity index (χ4v) is 3.78. The molecular formula is C17H24N2O2S. The number of anilines is 1. The minimum Gasteiger partial charge on any atom is -0.496 e. The highest BCUT2D eigenvalue weighted by Crippen LogP contribution is 2.31. The third-order valence-electron chi connectivity index (χ3n) is 4.72. The van der Waals surface area contributed by atoms with Crippen LogP contribution in [0.1, 0.15) is 25.7 Å². The fourth-order valence-electron chi connectivity index (χ4n) is 3.48. The van der Waals surface area contributed by atoms with E-state index in [1.54, 1.807) is 7.11 Å². The minimum absolute atomic E-state index is 0.136. The van der Waals surface area contributed by atoms with Crippen molar-refractivity contribution in [2.75, 3.05) is 38.2 Å². The Balaban J connectivity index is 1.69. The molecule has 1 atom stereocenters. The van der Waals surface area contributed by atoms with Gasteiger partial charge in [0.15, 0.2) is 0 Å². The molecular weight excluding hydrogens is 296 g/mol. The molecule has 1 unspecified atom stereocenters. The number of amides is 1. The number of carbonyl (C=O) groups is 1. The van der Waals surface area contributed by atoms with Crippen LogP contribution in [0.25, 0.3) is 0 Å². The topological polar surface area (TPSA) is 32.8 Å². The summed E-state index contributed by atoms with van der Waals surface area (Å²) in [5.41, 5.74) is 1.13. The van der Waals surface area contributed by atoms with Crippen molar-refractivity contribution in [2.24, 2.45) is 5.92 Å². The molecule has 5 heteroatoms. The van der Waals surface area contributed by atoms with Gasteiger partial charge in [0.05, 0.1) is 13.0 Å². The lowest BCUT2D eigenvalue weighted by Crippen LogP contribution is -2.44. The maximum Gasteiger partial charge on any atom is 0.227 e. The zero-order chi connectivity index (χ0) is 15.5. The number of hydrogen-bond donors (Lipinski definition) is 1. The number of hydrogen-bond acceptors (Lipinski definition) is 4. The smallest absolute Gasteiger partial charge is 0.227 e.